The van der Waals surface area contributed by atoms with E-state index in [4.69, 9.17) is 10.7 Å². The summed E-state index contributed by atoms with van der Waals surface area (Å²) in [5, 5.41) is 13.7. The second-order valence-corrected chi connectivity index (χ2v) is 11.9. The molecule has 0 bridgehead atoms. The van der Waals surface area contributed by atoms with Crippen molar-refractivity contribution in [3.63, 3.8) is 0 Å². The lowest BCUT2D eigenvalue weighted by Gasteiger charge is -2.27. The van der Waals surface area contributed by atoms with Crippen molar-refractivity contribution >= 4 is 17.2 Å². The van der Waals surface area contributed by atoms with E-state index < -0.39 is 11.9 Å². The van der Waals surface area contributed by atoms with E-state index in [0.717, 1.165) is 47.2 Å². The van der Waals surface area contributed by atoms with Crippen molar-refractivity contribution in [2.24, 2.45) is 27.1 Å². The largest absolute Gasteiger partial charge is 0.430 e. The Labute approximate surface area is 242 Å². The molecule has 0 aromatic heterocycles. The average molecular weight is 569 g/mol. The first kappa shape index (κ1) is 32.1. The zero-order valence-electron chi connectivity index (χ0n) is 25.1. The van der Waals surface area contributed by atoms with Gasteiger partial charge < -0.3 is 16.2 Å². The van der Waals surface area contributed by atoms with Gasteiger partial charge in [0.25, 0.3) is 0 Å². The topological polar surface area (TPSA) is 83.0 Å². The zero-order chi connectivity index (χ0) is 30.5. The van der Waals surface area contributed by atoms with Gasteiger partial charge >= 0.3 is 6.18 Å². The maximum Gasteiger partial charge on any atom is 0.430 e. The van der Waals surface area contributed by atoms with E-state index in [2.05, 4.69) is 50.1 Å². The molecule has 4 N–H and O–H groups in total. The van der Waals surface area contributed by atoms with Crippen LogP contribution in [0.4, 0.5) is 18.9 Å². The van der Waals surface area contributed by atoms with Crippen LogP contribution in [0.25, 0.3) is 0 Å². The molecule has 1 aliphatic rings. The van der Waals surface area contributed by atoms with Crippen molar-refractivity contribution in [2.75, 3.05) is 6.61 Å². The van der Waals surface area contributed by atoms with E-state index in [-0.39, 0.29) is 35.6 Å². The number of benzene rings is 2. The highest BCUT2D eigenvalue weighted by atomic mass is 19.4. The van der Waals surface area contributed by atoms with Crippen LogP contribution >= 0.6 is 0 Å². The second kappa shape index (κ2) is 13.1. The third-order valence-corrected chi connectivity index (χ3v) is 7.53. The van der Waals surface area contributed by atoms with Crippen LogP contribution in [0.2, 0.25) is 0 Å². The van der Waals surface area contributed by atoms with Crippen molar-refractivity contribution in [1.29, 1.82) is 0 Å². The summed E-state index contributed by atoms with van der Waals surface area (Å²) in [5.41, 5.74) is 9.87. The zero-order valence-corrected chi connectivity index (χ0v) is 25.1. The fourth-order valence-corrected chi connectivity index (χ4v) is 4.93. The maximum atomic E-state index is 13.0. The molecule has 0 fully saturated rings. The molecule has 2 aromatic rings. The van der Waals surface area contributed by atoms with Gasteiger partial charge in [0.2, 0.25) is 0 Å². The van der Waals surface area contributed by atoms with E-state index >= 15 is 0 Å². The van der Waals surface area contributed by atoms with Crippen LogP contribution in [0, 0.1) is 11.3 Å². The highest BCUT2D eigenvalue weighted by Crippen LogP contribution is 2.41. The Kier molecular flexibility index (Phi) is 10.2. The summed E-state index contributed by atoms with van der Waals surface area (Å²) in [5.74, 6) is 0.783. The minimum absolute atomic E-state index is 0.00454. The van der Waals surface area contributed by atoms with Gasteiger partial charge in [0.1, 0.15) is 11.5 Å². The Bertz CT molecular complexity index is 1330. The summed E-state index contributed by atoms with van der Waals surface area (Å²) in [6.07, 6.45) is -1.92. The van der Waals surface area contributed by atoms with Crippen LogP contribution in [-0.4, -0.2) is 29.4 Å². The smallest absolute Gasteiger partial charge is 0.395 e. The van der Waals surface area contributed by atoms with E-state index in [9.17, 15) is 18.3 Å². The van der Waals surface area contributed by atoms with Crippen LogP contribution < -0.4 is 11.1 Å². The molecule has 0 saturated carbocycles. The van der Waals surface area contributed by atoms with Crippen LogP contribution in [-0.2, 0) is 0 Å². The molecule has 222 valence electrons. The van der Waals surface area contributed by atoms with Gasteiger partial charge in [-0.25, -0.2) is 0 Å². The average Bonchev–Trinajstić information content (AvgIpc) is 3.20. The molecule has 3 rings (SSSR count). The van der Waals surface area contributed by atoms with Crippen molar-refractivity contribution in [1.82, 2.24) is 5.32 Å². The molecular weight excluding hydrogens is 525 g/mol. The quantitative estimate of drug-likeness (QED) is 0.211. The minimum atomic E-state index is -4.60. The molecule has 5 nitrogen and oxygen atoms in total. The van der Waals surface area contributed by atoms with Crippen molar-refractivity contribution in [3.05, 3.63) is 88.3 Å². The molecule has 0 spiro atoms. The number of hydrogen-bond acceptors (Lipinski definition) is 4. The third kappa shape index (κ3) is 8.09. The fraction of sp³-hybridized carbons (Fsp3) is 0.455. The number of nitrogens with one attached hydrogen (secondary N) is 1. The molecule has 0 saturated heterocycles. The standard InChI is InChI=1S/C33H43F3N4O/c1-20(2)26-10-8-9-11-27(26)31(40-30-24(19-41)16-17-32(30,6)7)38-22(5)23-12-14-25(15-13-23)39-28(21(3)4)18-29(37)33(34,35)36/h8-15,18,20-22,41H,16-17,19,37H2,1-7H3,(H,38,40)/b29-18-,39-28?. The lowest BCUT2D eigenvalue weighted by molar-refractivity contribution is -0.0925. The van der Waals surface area contributed by atoms with Gasteiger partial charge in [0, 0.05) is 22.4 Å². The summed E-state index contributed by atoms with van der Waals surface area (Å²) in [6.45, 7) is 14.2. The molecule has 1 atom stereocenters. The van der Waals surface area contributed by atoms with Crippen molar-refractivity contribution in [3.8, 4) is 0 Å². The number of hydrogen-bond donors (Lipinski definition) is 3. The molecule has 2 aromatic carbocycles. The highest BCUT2D eigenvalue weighted by Gasteiger charge is 2.34. The summed E-state index contributed by atoms with van der Waals surface area (Å²) in [6, 6.07) is 15.3. The predicted octanol–water partition coefficient (Wildman–Crippen LogP) is 8.11. The molecule has 0 amide bonds. The molecule has 1 unspecified atom stereocenters. The van der Waals surface area contributed by atoms with Gasteiger partial charge in [0.05, 0.1) is 18.3 Å². The molecule has 0 radical (unpaired) electrons. The number of allylic oxidation sites excluding steroid dienone is 3. The van der Waals surface area contributed by atoms with Gasteiger partial charge in [-0.3, -0.25) is 9.98 Å². The van der Waals surface area contributed by atoms with Crippen molar-refractivity contribution in [2.45, 2.75) is 79.4 Å². The Morgan fingerprint density at radius 1 is 1.05 bits per heavy atom. The molecule has 41 heavy (non-hydrogen) atoms. The van der Waals surface area contributed by atoms with Gasteiger partial charge in [-0.2, -0.15) is 13.2 Å². The summed E-state index contributed by atoms with van der Waals surface area (Å²) >= 11 is 0. The number of nitrogens with two attached hydrogens (primary N) is 1. The number of aliphatic imine (C=N–C) groups is 2. The summed E-state index contributed by atoms with van der Waals surface area (Å²) in [7, 11) is 0. The number of amidine groups is 1. The first-order valence-corrected chi connectivity index (χ1v) is 14.1. The van der Waals surface area contributed by atoms with Crippen molar-refractivity contribution < 1.29 is 18.3 Å². The number of halogens is 3. The molecule has 1 aliphatic carbocycles. The first-order valence-electron chi connectivity index (χ1n) is 14.1. The van der Waals surface area contributed by atoms with Crippen LogP contribution in [0.15, 0.2) is 81.6 Å². The highest BCUT2D eigenvalue weighted by molar-refractivity contribution is 6.01. The van der Waals surface area contributed by atoms with Crippen LogP contribution in [0.3, 0.4) is 0 Å². The van der Waals surface area contributed by atoms with E-state index in [1.807, 2.05) is 31.2 Å². The molecule has 0 heterocycles. The Balaban J connectivity index is 2.01. The van der Waals surface area contributed by atoms with Gasteiger partial charge in [0.15, 0.2) is 0 Å². The molecule has 8 heteroatoms. The number of nitrogens with zero attached hydrogens (tertiary/aromatic N) is 2. The lowest BCUT2D eigenvalue weighted by Crippen LogP contribution is -2.32. The number of aliphatic hydroxyl groups excluding tert-OH is 1. The number of rotatable bonds is 9. The first-order chi connectivity index (χ1) is 19.1. The summed E-state index contributed by atoms with van der Waals surface area (Å²) in [4.78, 5) is 9.58. The monoisotopic (exact) mass is 568 g/mol. The summed E-state index contributed by atoms with van der Waals surface area (Å²) < 4.78 is 38.9. The lowest BCUT2D eigenvalue weighted by atomic mass is 9.89. The van der Waals surface area contributed by atoms with Crippen LogP contribution in [0.1, 0.15) is 90.0 Å². The predicted molar refractivity (Wildman–Crippen MR) is 162 cm³/mol. The minimum Gasteiger partial charge on any atom is -0.395 e. The number of aliphatic hydroxyl groups is 1. The molecule has 0 aliphatic heterocycles. The van der Waals surface area contributed by atoms with E-state index in [1.54, 1.807) is 26.0 Å². The van der Waals surface area contributed by atoms with Gasteiger partial charge in [-0.1, -0.05) is 77.9 Å². The maximum absolute atomic E-state index is 13.0. The van der Waals surface area contributed by atoms with E-state index in [0.29, 0.717) is 5.69 Å². The van der Waals surface area contributed by atoms with Crippen LogP contribution in [0.5, 0.6) is 0 Å². The number of alkyl halides is 3. The Morgan fingerprint density at radius 2 is 1.68 bits per heavy atom. The van der Waals surface area contributed by atoms with E-state index in [1.165, 1.54) is 5.56 Å². The Morgan fingerprint density at radius 3 is 2.24 bits per heavy atom. The second-order valence-electron chi connectivity index (χ2n) is 11.9. The normalized spacial score (nSPS) is 17.5. The fourth-order valence-electron chi connectivity index (χ4n) is 4.93. The van der Waals surface area contributed by atoms with Gasteiger partial charge in [-0.05, 0) is 66.5 Å². The molecular formula is C33H43F3N4O. The SMILES string of the molecule is CC(C)C(/C=C(\N)C(F)(F)F)=Nc1ccc(C(C)N=C(NC2=C(CO)CCC2(C)C)c2ccccc2C(C)C)cc1. The Hall–Kier alpha value is -3.39. The third-order valence-electron chi connectivity index (χ3n) is 7.53. The van der Waals surface area contributed by atoms with Gasteiger partial charge in [-0.15, -0.1) is 0 Å².